The molecule has 10 nitrogen and oxygen atoms in total. The van der Waals surface area contributed by atoms with Crippen molar-refractivity contribution in [2.45, 2.75) is 13.0 Å². The number of non-ortho nitro benzene ring substituents is 1. The molecule has 0 saturated carbocycles. The molecule has 2 N–H and O–H groups in total. The summed E-state index contributed by atoms with van der Waals surface area (Å²) in [7, 11) is 1.59. The number of carbonyl (C=O) groups is 2. The van der Waals surface area contributed by atoms with E-state index in [1.54, 1.807) is 14.0 Å². The van der Waals surface area contributed by atoms with Crippen LogP contribution in [0.25, 0.3) is 0 Å². The molecule has 1 aliphatic heterocycles. The van der Waals surface area contributed by atoms with Gasteiger partial charge in [-0.25, -0.2) is 0 Å². The fraction of sp³-hybridized carbons (Fsp3) is 0.364. The van der Waals surface area contributed by atoms with Gasteiger partial charge in [0.15, 0.2) is 0 Å². The predicted molar refractivity (Wildman–Crippen MR) is 118 cm³/mol. The Morgan fingerprint density at radius 2 is 1.84 bits per heavy atom. The predicted octanol–water partition coefficient (Wildman–Crippen LogP) is 2.04. The lowest BCUT2D eigenvalue weighted by Crippen LogP contribution is -2.45. The first-order valence-electron chi connectivity index (χ1n) is 10.2. The van der Waals surface area contributed by atoms with E-state index in [1.165, 1.54) is 18.2 Å². The van der Waals surface area contributed by atoms with Crippen molar-refractivity contribution < 1.29 is 24.0 Å². The molecule has 0 aliphatic carbocycles. The molecule has 0 unspecified atom stereocenters. The molecule has 1 fully saturated rings. The molecule has 2 aromatic rings. The van der Waals surface area contributed by atoms with Gasteiger partial charge < -0.3 is 20.1 Å². The van der Waals surface area contributed by atoms with Gasteiger partial charge in [0.05, 0.1) is 37.0 Å². The number of nitrogens with one attached hydrogen (secondary N) is 2. The van der Waals surface area contributed by atoms with Crippen molar-refractivity contribution in [3.63, 3.8) is 0 Å². The molecular weight excluding hydrogens is 416 g/mol. The van der Waals surface area contributed by atoms with E-state index in [9.17, 15) is 19.7 Å². The number of methoxy groups -OCH3 is 1. The Kier molecular flexibility index (Phi) is 7.74. The van der Waals surface area contributed by atoms with Gasteiger partial charge >= 0.3 is 11.8 Å². The third kappa shape index (κ3) is 5.80. The van der Waals surface area contributed by atoms with E-state index in [0.29, 0.717) is 31.9 Å². The Morgan fingerprint density at radius 3 is 2.47 bits per heavy atom. The number of anilines is 1. The van der Waals surface area contributed by atoms with Crippen molar-refractivity contribution in [3.8, 4) is 5.75 Å². The summed E-state index contributed by atoms with van der Waals surface area (Å²) in [5.41, 5.74) is 1.64. The molecule has 2 amide bonds. The molecule has 0 bridgehead atoms. The highest BCUT2D eigenvalue weighted by atomic mass is 16.6. The summed E-state index contributed by atoms with van der Waals surface area (Å²) in [4.78, 5) is 37.5. The number of nitrogens with zero attached hydrogens (tertiary/aromatic N) is 2. The van der Waals surface area contributed by atoms with Crippen LogP contribution >= 0.6 is 0 Å². The van der Waals surface area contributed by atoms with Gasteiger partial charge in [-0.3, -0.25) is 24.6 Å². The first kappa shape index (κ1) is 23.2. The van der Waals surface area contributed by atoms with Gasteiger partial charge in [-0.2, -0.15) is 0 Å². The standard InChI is InChI=1S/C22H26N4O6/c1-15-3-6-17(26(29)30)13-19(15)24-22(28)21(27)23-14-20(25-9-11-32-12-10-25)16-4-7-18(31-2)8-5-16/h3-8,13,20H,9-12,14H2,1-2H3,(H,23,27)(H,24,28)/t20-/m0/s1. The lowest BCUT2D eigenvalue weighted by atomic mass is 10.0. The van der Waals surface area contributed by atoms with Crippen LogP contribution in [0.5, 0.6) is 5.75 Å². The minimum Gasteiger partial charge on any atom is -0.497 e. The zero-order valence-corrected chi connectivity index (χ0v) is 18.0. The third-order valence-corrected chi connectivity index (χ3v) is 5.33. The Morgan fingerprint density at radius 1 is 1.16 bits per heavy atom. The molecule has 1 atom stereocenters. The average Bonchev–Trinajstić information content (AvgIpc) is 2.81. The Balaban J connectivity index is 1.68. The van der Waals surface area contributed by atoms with Crippen molar-refractivity contribution in [3.05, 3.63) is 63.7 Å². The van der Waals surface area contributed by atoms with Crippen LogP contribution in [-0.2, 0) is 14.3 Å². The number of nitro groups is 1. The van der Waals surface area contributed by atoms with E-state index in [2.05, 4.69) is 15.5 Å². The molecule has 10 heteroatoms. The average molecular weight is 442 g/mol. The minimum atomic E-state index is -0.885. The highest BCUT2D eigenvalue weighted by Crippen LogP contribution is 2.24. The van der Waals surface area contributed by atoms with Crippen LogP contribution in [0.4, 0.5) is 11.4 Å². The zero-order valence-electron chi connectivity index (χ0n) is 18.0. The lowest BCUT2D eigenvalue weighted by Gasteiger charge is -2.35. The number of nitro benzene ring substituents is 1. The number of amides is 2. The SMILES string of the molecule is COc1ccc([C@H](CNC(=O)C(=O)Nc2cc([N+](=O)[O-])ccc2C)N2CCOCC2)cc1. The first-order valence-corrected chi connectivity index (χ1v) is 10.2. The molecule has 170 valence electrons. The number of aryl methyl sites for hydroxylation is 1. The summed E-state index contributed by atoms with van der Waals surface area (Å²) in [6.45, 7) is 4.49. The molecule has 32 heavy (non-hydrogen) atoms. The van der Waals surface area contributed by atoms with E-state index in [1.807, 2.05) is 24.3 Å². The summed E-state index contributed by atoms with van der Waals surface area (Å²) < 4.78 is 10.6. The number of ether oxygens (including phenoxy) is 2. The zero-order chi connectivity index (χ0) is 23.1. The molecule has 1 heterocycles. The highest BCUT2D eigenvalue weighted by molar-refractivity contribution is 6.39. The summed E-state index contributed by atoms with van der Waals surface area (Å²) >= 11 is 0. The Bertz CT molecular complexity index is 973. The van der Waals surface area contributed by atoms with Crippen LogP contribution in [0.3, 0.4) is 0 Å². The summed E-state index contributed by atoms with van der Waals surface area (Å²) in [6, 6.07) is 11.5. The monoisotopic (exact) mass is 442 g/mol. The number of carbonyl (C=O) groups excluding carboxylic acids is 2. The van der Waals surface area contributed by atoms with Crippen molar-refractivity contribution >= 4 is 23.2 Å². The van der Waals surface area contributed by atoms with E-state index >= 15 is 0 Å². The van der Waals surface area contributed by atoms with Crippen LogP contribution < -0.4 is 15.4 Å². The number of hydrogen-bond donors (Lipinski definition) is 2. The van der Waals surface area contributed by atoms with Crippen molar-refractivity contribution in [1.82, 2.24) is 10.2 Å². The lowest BCUT2D eigenvalue weighted by molar-refractivity contribution is -0.384. The van der Waals surface area contributed by atoms with Gasteiger partial charge in [0, 0.05) is 31.8 Å². The van der Waals surface area contributed by atoms with Crippen LogP contribution in [0.1, 0.15) is 17.2 Å². The number of hydrogen-bond acceptors (Lipinski definition) is 7. The molecule has 0 spiro atoms. The summed E-state index contributed by atoms with van der Waals surface area (Å²) in [5.74, 6) is -0.975. The topological polar surface area (TPSA) is 123 Å². The molecule has 1 saturated heterocycles. The highest BCUT2D eigenvalue weighted by Gasteiger charge is 2.25. The van der Waals surface area contributed by atoms with Crippen LogP contribution in [0.2, 0.25) is 0 Å². The Hall–Kier alpha value is -3.50. The minimum absolute atomic E-state index is 0.152. The van der Waals surface area contributed by atoms with Crippen molar-refractivity contribution in [2.24, 2.45) is 0 Å². The smallest absolute Gasteiger partial charge is 0.313 e. The van der Waals surface area contributed by atoms with Gasteiger partial charge in [0.1, 0.15) is 5.75 Å². The quantitative estimate of drug-likeness (QED) is 0.382. The molecule has 0 aromatic heterocycles. The van der Waals surface area contributed by atoms with Crippen molar-refractivity contribution in [2.75, 3.05) is 45.3 Å². The second kappa shape index (κ2) is 10.7. The van der Waals surface area contributed by atoms with Gasteiger partial charge in [-0.1, -0.05) is 18.2 Å². The van der Waals surface area contributed by atoms with E-state index in [0.717, 1.165) is 11.3 Å². The fourth-order valence-electron chi connectivity index (χ4n) is 3.48. The van der Waals surface area contributed by atoms with Gasteiger partial charge in [-0.15, -0.1) is 0 Å². The van der Waals surface area contributed by atoms with E-state index in [-0.39, 0.29) is 24.0 Å². The molecule has 0 radical (unpaired) electrons. The van der Waals surface area contributed by atoms with E-state index in [4.69, 9.17) is 9.47 Å². The maximum Gasteiger partial charge on any atom is 0.313 e. The maximum absolute atomic E-state index is 12.5. The van der Waals surface area contributed by atoms with Crippen LogP contribution in [0.15, 0.2) is 42.5 Å². The molecule has 3 rings (SSSR count). The maximum atomic E-state index is 12.5. The molecule has 1 aliphatic rings. The van der Waals surface area contributed by atoms with Gasteiger partial charge in [0.2, 0.25) is 0 Å². The fourth-order valence-corrected chi connectivity index (χ4v) is 3.48. The Labute approximate surface area is 185 Å². The number of rotatable bonds is 7. The summed E-state index contributed by atoms with van der Waals surface area (Å²) in [5, 5.41) is 16.1. The van der Waals surface area contributed by atoms with E-state index < -0.39 is 16.7 Å². The van der Waals surface area contributed by atoms with Crippen LogP contribution in [-0.4, -0.2) is 61.6 Å². The molecular formula is C22H26N4O6. The first-order chi connectivity index (χ1) is 15.4. The second-order valence-corrected chi connectivity index (χ2v) is 7.36. The largest absolute Gasteiger partial charge is 0.497 e. The number of morpholine rings is 1. The van der Waals surface area contributed by atoms with Gasteiger partial charge in [0.25, 0.3) is 5.69 Å². The summed E-state index contributed by atoms with van der Waals surface area (Å²) in [6.07, 6.45) is 0. The number of benzene rings is 2. The normalized spacial score (nSPS) is 14.9. The second-order valence-electron chi connectivity index (χ2n) is 7.36. The van der Waals surface area contributed by atoms with Crippen molar-refractivity contribution in [1.29, 1.82) is 0 Å². The van der Waals surface area contributed by atoms with Gasteiger partial charge in [-0.05, 0) is 30.2 Å². The van der Waals surface area contributed by atoms with Crippen LogP contribution in [0, 0.1) is 17.0 Å². The third-order valence-electron chi connectivity index (χ3n) is 5.33. The molecule has 2 aromatic carbocycles.